The minimum Gasteiger partial charge on any atom is -0.497 e. The molecule has 9 heterocycles. The number of aliphatic hydroxyl groups is 2. The van der Waals surface area contributed by atoms with Crippen molar-refractivity contribution in [2.45, 2.75) is 127 Å². The number of carbonyl (C=O) groups excluding carboxylic acids is 8. The van der Waals surface area contributed by atoms with E-state index in [-0.39, 0.29) is 103 Å². The zero-order valence-corrected chi connectivity index (χ0v) is 77.8. The third kappa shape index (κ3) is 38.3. The van der Waals surface area contributed by atoms with Gasteiger partial charge in [0.25, 0.3) is 11.5 Å². The minimum absolute atomic E-state index is 0. The number of methoxy groups -OCH3 is 5. The summed E-state index contributed by atoms with van der Waals surface area (Å²) in [6.45, 7) is 24.5. The highest BCUT2D eigenvalue weighted by Gasteiger charge is 2.29. The van der Waals surface area contributed by atoms with Gasteiger partial charge >= 0.3 is 11.9 Å². The summed E-state index contributed by atoms with van der Waals surface area (Å²) in [5.41, 5.74) is 14.5. The number of nitrogens with one attached hydrogen (secondary N) is 3. The van der Waals surface area contributed by atoms with E-state index in [4.69, 9.17) is 66.3 Å². The van der Waals surface area contributed by atoms with E-state index in [0.717, 1.165) is 106 Å². The molecule has 128 heavy (non-hydrogen) atoms. The Kier molecular flexibility index (Phi) is 53.7. The van der Waals surface area contributed by atoms with Gasteiger partial charge < -0.3 is 99.9 Å². The lowest BCUT2D eigenvalue weighted by Gasteiger charge is -2.35. The summed E-state index contributed by atoms with van der Waals surface area (Å²) in [5, 5.41) is 23.6. The van der Waals surface area contributed by atoms with E-state index in [1.54, 1.807) is 58.4 Å². The van der Waals surface area contributed by atoms with Crippen molar-refractivity contribution in [2.75, 3.05) is 162 Å². The van der Waals surface area contributed by atoms with Crippen LogP contribution in [0, 0.1) is 11.8 Å². The molecule has 8 aromatic rings. The normalized spacial score (nSPS) is 13.9. The summed E-state index contributed by atoms with van der Waals surface area (Å²) in [7, 11) is 7.61. The smallest absolute Gasteiger partial charge is 0.309 e. The maximum atomic E-state index is 12.8. The molecule has 0 atom stereocenters. The number of benzene rings is 4. The van der Waals surface area contributed by atoms with Gasteiger partial charge in [-0.1, -0.05) is 121 Å². The molecule has 702 valence electrons. The number of hydrogen-bond donors (Lipinski definition) is 7. The Morgan fingerprint density at radius 2 is 0.914 bits per heavy atom. The molecule has 5 aliphatic heterocycles. The number of carbonyl (C=O) groups is 8. The first-order chi connectivity index (χ1) is 60.8. The Hall–Kier alpha value is -11.3. The summed E-state index contributed by atoms with van der Waals surface area (Å²) in [6.07, 6.45) is 5.90. The number of aromatic nitrogens is 5. The first kappa shape index (κ1) is 111. The number of nitrogens with zero attached hydrogens (tertiary/aromatic N) is 10. The zero-order chi connectivity index (χ0) is 92.3. The van der Waals surface area contributed by atoms with Gasteiger partial charge in [-0.15, -0.1) is 12.4 Å². The molecular weight excluding hydrogens is 1750 g/mol. The number of halogens is 3. The number of primary amides is 1. The maximum Gasteiger partial charge on any atom is 0.309 e. The predicted molar refractivity (Wildman–Crippen MR) is 503 cm³/mol. The van der Waals surface area contributed by atoms with Crippen LogP contribution in [0.15, 0.2) is 149 Å². The van der Waals surface area contributed by atoms with Gasteiger partial charge in [-0.2, -0.15) is 4.98 Å². The fourth-order valence-corrected chi connectivity index (χ4v) is 13.4. The van der Waals surface area contributed by atoms with E-state index in [9.17, 15) is 48.3 Å². The number of aromatic amines is 1. The molecule has 9 N–H and O–H groups in total. The number of ether oxygens (including phenoxy) is 7. The van der Waals surface area contributed by atoms with Crippen molar-refractivity contribution < 1.29 is 81.7 Å². The number of likely N-dealkylation sites (tertiary alicyclic amines) is 1. The van der Waals surface area contributed by atoms with E-state index in [0.29, 0.717) is 154 Å². The van der Waals surface area contributed by atoms with Crippen LogP contribution in [0.2, 0.25) is 0 Å². The SMILES string of the molecule is C.CCC(=O)Cl.CCC(=O)N1CCC(C(=O)OCc2ccccc2)CC1.CCC(=O)N1CCN(c2cccc(-c3nc4cc(CO)cc(OC)c4c(=O)[nH]3)n2)CC1.CCC(=O)N1CCN(c2cccc(OC)n2)CC1.CCC(=O)N1CCNCC1.CCO.COc1cc(N)c(C(N)=O)c(OC)c1.COc1cccc(Br)n1.Cl.O=C(OCc1ccccc1)C1CCNCC1. The van der Waals surface area contributed by atoms with E-state index < -0.39 is 5.91 Å². The molecule has 33 nitrogen and oxygen atoms in total. The average Bonchev–Trinajstić information content (AvgIpc) is 0.774. The van der Waals surface area contributed by atoms with Gasteiger partial charge in [0.15, 0.2) is 5.82 Å². The molecular formula is C92H130BrCl2N15O18. The fourth-order valence-electron chi connectivity index (χ4n) is 13.0. The summed E-state index contributed by atoms with van der Waals surface area (Å²) in [5.74, 6) is 4.52. The lowest BCUT2D eigenvalue weighted by atomic mass is 9.97. The van der Waals surface area contributed by atoms with Gasteiger partial charge in [-0.05, 0) is 126 Å². The number of anilines is 3. The monoisotopic (exact) mass is 1880 g/mol. The summed E-state index contributed by atoms with van der Waals surface area (Å²) in [6, 6.07) is 42.7. The number of piperidine rings is 2. The summed E-state index contributed by atoms with van der Waals surface area (Å²) < 4.78 is 36.7. The van der Waals surface area contributed by atoms with Crippen molar-refractivity contribution in [3.8, 4) is 40.5 Å². The van der Waals surface area contributed by atoms with Gasteiger partial charge in [0.2, 0.25) is 40.6 Å². The molecule has 13 rings (SSSR count). The lowest BCUT2D eigenvalue weighted by Crippen LogP contribution is -2.48. The summed E-state index contributed by atoms with van der Waals surface area (Å²) in [4.78, 5) is 135. The van der Waals surface area contributed by atoms with Crippen LogP contribution >= 0.6 is 39.9 Å². The summed E-state index contributed by atoms with van der Waals surface area (Å²) >= 11 is 8.04. The predicted octanol–water partition coefficient (Wildman–Crippen LogP) is 11.1. The van der Waals surface area contributed by atoms with Crippen LogP contribution in [0.5, 0.6) is 29.0 Å². The van der Waals surface area contributed by atoms with Crippen molar-refractivity contribution in [3.63, 3.8) is 0 Å². The molecule has 0 unspecified atom stereocenters. The van der Waals surface area contributed by atoms with E-state index >= 15 is 0 Å². The van der Waals surface area contributed by atoms with E-state index in [1.165, 1.54) is 27.4 Å². The minimum atomic E-state index is -0.623. The van der Waals surface area contributed by atoms with Crippen molar-refractivity contribution in [1.82, 2.24) is 55.2 Å². The maximum absolute atomic E-state index is 12.8. The highest BCUT2D eigenvalue weighted by Crippen LogP contribution is 2.31. The Labute approximate surface area is 771 Å². The number of amides is 5. The molecule has 0 bridgehead atoms. The Balaban J connectivity index is 0.000000390. The number of pyridine rings is 3. The molecule has 4 aromatic heterocycles. The molecule has 5 amide bonds. The van der Waals surface area contributed by atoms with Crippen molar-refractivity contribution in [3.05, 3.63) is 177 Å². The number of rotatable bonds is 21. The molecule has 0 spiro atoms. The number of esters is 2. The highest BCUT2D eigenvalue weighted by molar-refractivity contribution is 9.10. The number of nitrogens with two attached hydrogens (primary N) is 2. The first-order valence-electron chi connectivity index (χ1n) is 42.2. The number of fused-ring (bicyclic) bond motifs is 1. The van der Waals surface area contributed by atoms with E-state index in [1.807, 2.05) is 150 Å². The number of nitrogen functional groups attached to an aromatic ring is 1. The zero-order valence-electron chi connectivity index (χ0n) is 74.7. The van der Waals surface area contributed by atoms with E-state index in [2.05, 4.69) is 56.3 Å². The number of aliphatic hydroxyl groups excluding tert-OH is 2. The van der Waals surface area contributed by atoms with Crippen molar-refractivity contribution in [1.29, 1.82) is 0 Å². The first-order valence-corrected chi connectivity index (χ1v) is 43.4. The molecule has 4 aromatic carbocycles. The largest absolute Gasteiger partial charge is 0.497 e. The second-order valence-electron chi connectivity index (χ2n) is 28.5. The Bertz CT molecular complexity index is 4710. The second kappa shape index (κ2) is 62.0. The molecule has 5 aliphatic rings. The standard InChI is InChI=1S/C22H25N5O4.C16H21NO3.C13H19N3O2.C13H17NO2.C9H12N2O3.C7H14N2O.C6H6BrNO.C3H5ClO.C2H6O.CH4.ClH/c1-3-19(29)27-9-7-26(8-10-27)18-6-4-5-15(23-18)21-24-16-11-14(13-28)12-17(31-2)20(16)22(30)25-21;1-2-15(18)17-10-8-14(9-11-17)16(19)20-12-13-6-4-3-5-7-13;1-3-13(17)16-9-7-15(8-10-16)11-5-4-6-12(14-11)18-2;15-13(12-6-8-14-9-7-12)16-10-11-4-2-1-3-5-11;1-13-5-3-6(10)8(9(11)12)7(4-5)14-2;1-2-7(10)9-5-3-8-4-6-9;1-9-6-4-2-3-5(7)8-6;1-2-3(4)5;1-2-3;;/h4-6,11-12,28H,3,7-10,13H2,1-2H3,(H,24,25,30);3-7,14H,2,8-12H2,1H3;4-6H,3,7-10H2,1-2H3;1-5,12,14H,6-10H2;3-4H,10H2,1-2H3,(H2,11,12);8H,2-6H2,1H3;2-4H,1H3;2H2,1H3;3H,2H2,1H3;1H4;1H. The Morgan fingerprint density at radius 1 is 0.484 bits per heavy atom. The van der Waals surface area contributed by atoms with Crippen LogP contribution in [0.3, 0.4) is 0 Å². The molecule has 36 heteroatoms. The van der Waals surface area contributed by atoms with Crippen LogP contribution in [-0.2, 0) is 62.9 Å². The van der Waals surface area contributed by atoms with Crippen molar-refractivity contribution in [2.24, 2.45) is 17.6 Å². The van der Waals surface area contributed by atoms with Crippen LogP contribution in [0.4, 0.5) is 17.3 Å². The van der Waals surface area contributed by atoms with Crippen LogP contribution in [-0.4, -0.2) is 248 Å². The Morgan fingerprint density at radius 3 is 1.34 bits per heavy atom. The van der Waals surface area contributed by atoms with Gasteiger partial charge in [0.1, 0.15) is 63.3 Å². The average molecular weight is 1880 g/mol. The second-order valence-corrected chi connectivity index (χ2v) is 29.8. The van der Waals surface area contributed by atoms with Gasteiger partial charge in [-0.3, -0.25) is 43.2 Å². The molecule has 0 saturated carbocycles. The van der Waals surface area contributed by atoms with Gasteiger partial charge in [0.05, 0.1) is 65.2 Å². The fraction of sp³-hybridized carbons (Fsp3) is 0.467. The van der Waals surface area contributed by atoms with Gasteiger partial charge in [-0.25, -0.2) is 15.0 Å². The molecule has 5 saturated heterocycles. The van der Waals surface area contributed by atoms with Crippen molar-refractivity contribution >= 4 is 115 Å². The third-order valence-corrected chi connectivity index (χ3v) is 20.7. The van der Waals surface area contributed by atoms with Gasteiger partial charge in [0, 0.05) is 155 Å². The highest BCUT2D eigenvalue weighted by atomic mass is 79.9. The molecule has 0 radical (unpaired) electrons. The number of H-pyrrole nitrogens is 1. The topological polar surface area (TPSA) is 422 Å². The molecule has 0 aliphatic carbocycles. The van der Waals surface area contributed by atoms with Crippen LogP contribution in [0.25, 0.3) is 22.4 Å². The van der Waals surface area contributed by atoms with Crippen LogP contribution < -0.4 is 61.1 Å². The number of hydrogen-bond acceptors (Lipinski definition) is 27. The number of piperazine rings is 3. The third-order valence-electron chi connectivity index (χ3n) is 20.0. The molecule has 5 fully saturated rings. The lowest BCUT2D eigenvalue weighted by molar-refractivity contribution is -0.153. The quantitative estimate of drug-likeness (QED) is 0.0152. The van der Waals surface area contributed by atoms with Crippen LogP contribution in [0.1, 0.15) is 134 Å².